The quantitative estimate of drug-likeness (QED) is 0.743. The van der Waals surface area contributed by atoms with Gasteiger partial charge in [0.1, 0.15) is 0 Å². The summed E-state index contributed by atoms with van der Waals surface area (Å²) < 4.78 is 5.42. The van der Waals surface area contributed by atoms with Crippen LogP contribution in [0.3, 0.4) is 0 Å². The molecule has 0 bridgehead atoms. The van der Waals surface area contributed by atoms with Crippen LogP contribution in [0, 0.1) is 11.8 Å². The van der Waals surface area contributed by atoms with E-state index in [2.05, 4.69) is 29.5 Å². The van der Waals surface area contributed by atoms with E-state index in [4.69, 9.17) is 4.74 Å². The maximum atomic E-state index is 12.2. The minimum atomic E-state index is -0.0209. The Kier molecular flexibility index (Phi) is 6.26. The molecule has 2 fully saturated rings. The third kappa shape index (κ3) is 4.43. The molecule has 2 rings (SSSR count). The highest BCUT2D eigenvalue weighted by molar-refractivity contribution is 5.79. The third-order valence-corrected chi connectivity index (χ3v) is 4.57. The highest BCUT2D eigenvalue weighted by atomic mass is 16.5. The average molecular weight is 283 g/mol. The first kappa shape index (κ1) is 15.7. The number of likely N-dealkylation sites (tertiary alicyclic amines) is 1. The number of nitrogens with one attached hydrogen (secondary N) is 2. The lowest BCUT2D eigenvalue weighted by Gasteiger charge is -2.29. The van der Waals surface area contributed by atoms with Gasteiger partial charge in [0.25, 0.3) is 0 Å². The second-order valence-electron chi connectivity index (χ2n) is 6.13. The summed E-state index contributed by atoms with van der Waals surface area (Å²) >= 11 is 0. The molecule has 0 aromatic rings. The van der Waals surface area contributed by atoms with Gasteiger partial charge in [-0.25, -0.2) is 0 Å². The standard InChI is InChI=1S/C15H29N3O2/c1-3-16-14-11-20-10-13(14)15(19)17-7-4-12-5-8-18(2)9-6-12/h12-14,16H,3-11H2,1-2H3,(H,17,19). The highest BCUT2D eigenvalue weighted by Crippen LogP contribution is 2.19. The van der Waals surface area contributed by atoms with Crippen LogP contribution in [0.15, 0.2) is 0 Å². The molecular formula is C15H29N3O2. The van der Waals surface area contributed by atoms with Crippen molar-refractivity contribution >= 4 is 5.91 Å². The molecule has 0 aliphatic carbocycles. The van der Waals surface area contributed by atoms with Crippen LogP contribution >= 0.6 is 0 Å². The number of amides is 1. The van der Waals surface area contributed by atoms with Crippen LogP contribution in [0.4, 0.5) is 0 Å². The van der Waals surface area contributed by atoms with Crippen molar-refractivity contribution in [1.82, 2.24) is 15.5 Å². The first-order valence-electron chi connectivity index (χ1n) is 7.98. The number of hydrogen-bond donors (Lipinski definition) is 2. The van der Waals surface area contributed by atoms with E-state index in [1.54, 1.807) is 0 Å². The minimum Gasteiger partial charge on any atom is -0.379 e. The molecule has 2 unspecified atom stereocenters. The van der Waals surface area contributed by atoms with E-state index >= 15 is 0 Å². The van der Waals surface area contributed by atoms with Gasteiger partial charge in [-0.1, -0.05) is 6.92 Å². The van der Waals surface area contributed by atoms with E-state index in [0.717, 1.165) is 25.4 Å². The summed E-state index contributed by atoms with van der Waals surface area (Å²) in [5, 5.41) is 6.43. The predicted molar refractivity (Wildman–Crippen MR) is 79.6 cm³/mol. The lowest BCUT2D eigenvalue weighted by molar-refractivity contribution is -0.125. The molecule has 2 aliphatic heterocycles. The van der Waals surface area contributed by atoms with Crippen LogP contribution in [-0.2, 0) is 9.53 Å². The second kappa shape index (κ2) is 7.96. The number of carbonyl (C=O) groups is 1. The van der Waals surface area contributed by atoms with E-state index < -0.39 is 0 Å². The Bertz CT molecular complexity index is 303. The molecule has 0 saturated carbocycles. The van der Waals surface area contributed by atoms with E-state index in [-0.39, 0.29) is 17.9 Å². The first-order valence-corrected chi connectivity index (χ1v) is 7.98. The van der Waals surface area contributed by atoms with Gasteiger partial charge >= 0.3 is 0 Å². The second-order valence-corrected chi connectivity index (χ2v) is 6.13. The van der Waals surface area contributed by atoms with Gasteiger partial charge in [0.2, 0.25) is 5.91 Å². The van der Waals surface area contributed by atoms with E-state index in [1.165, 1.54) is 25.9 Å². The summed E-state index contributed by atoms with van der Waals surface area (Å²) in [5.74, 6) is 0.907. The third-order valence-electron chi connectivity index (χ3n) is 4.57. The van der Waals surface area contributed by atoms with Gasteiger partial charge in [0.05, 0.1) is 19.1 Å². The molecule has 2 heterocycles. The predicted octanol–water partition coefficient (Wildman–Crippen LogP) is 0.459. The SMILES string of the molecule is CCNC1COCC1C(=O)NCCC1CCN(C)CC1. The molecule has 2 atom stereocenters. The van der Waals surface area contributed by atoms with Crippen LogP contribution < -0.4 is 10.6 Å². The van der Waals surface area contributed by atoms with E-state index in [9.17, 15) is 4.79 Å². The van der Waals surface area contributed by atoms with Crippen molar-refractivity contribution in [2.24, 2.45) is 11.8 Å². The normalized spacial score (nSPS) is 28.7. The number of likely N-dealkylation sites (N-methyl/N-ethyl adjacent to an activating group) is 1. The highest BCUT2D eigenvalue weighted by Gasteiger charge is 2.33. The molecular weight excluding hydrogens is 254 g/mol. The largest absolute Gasteiger partial charge is 0.379 e. The summed E-state index contributed by atoms with van der Waals surface area (Å²) in [5.41, 5.74) is 0. The molecule has 116 valence electrons. The van der Waals surface area contributed by atoms with Gasteiger partial charge in [0.15, 0.2) is 0 Å². The summed E-state index contributed by atoms with van der Waals surface area (Å²) in [7, 11) is 2.18. The topological polar surface area (TPSA) is 53.6 Å². The van der Waals surface area contributed by atoms with Crippen molar-refractivity contribution in [2.75, 3.05) is 46.4 Å². The minimum absolute atomic E-state index is 0.0209. The molecule has 20 heavy (non-hydrogen) atoms. The number of ether oxygens (including phenoxy) is 1. The average Bonchev–Trinajstić information content (AvgIpc) is 2.90. The first-order chi connectivity index (χ1) is 9.70. The van der Waals surface area contributed by atoms with Crippen molar-refractivity contribution in [3.8, 4) is 0 Å². The Labute approximate surface area is 122 Å². The van der Waals surface area contributed by atoms with Crippen molar-refractivity contribution in [3.05, 3.63) is 0 Å². The fraction of sp³-hybridized carbons (Fsp3) is 0.933. The van der Waals surface area contributed by atoms with Crippen molar-refractivity contribution in [1.29, 1.82) is 0 Å². The van der Waals surface area contributed by atoms with Crippen LogP contribution in [0.1, 0.15) is 26.2 Å². The van der Waals surface area contributed by atoms with Crippen molar-refractivity contribution < 1.29 is 9.53 Å². The van der Waals surface area contributed by atoms with Crippen LogP contribution in [0.5, 0.6) is 0 Å². The molecule has 5 heteroatoms. The zero-order valence-electron chi connectivity index (χ0n) is 12.9. The Morgan fingerprint density at radius 1 is 1.30 bits per heavy atom. The fourth-order valence-electron chi connectivity index (χ4n) is 3.16. The molecule has 2 aliphatic rings. The van der Waals surface area contributed by atoms with Gasteiger partial charge < -0.3 is 20.3 Å². The summed E-state index contributed by atoms with van der Waals surface area (Å²) in [6.07, 6.45) is 3.64. The van der Waals surface area contributed by atoms with Gasteiger partial charge in [0, 0.05) is 12.6 Å². The summed E-state index contributed by atoms with van der Waals surface area (Å²) in [4.78, 5) is 14.6. The molecule has 0 aromatic carbocycles. The zero-order valence-corrected chi connectivity index (χ0v) is 12.9. The molecule has 0 spiro atoms. The van der Waals surface area contributed by atoms with E-state index in [1.807, 2.05) is 0 Å². The van der Waals surface area contributed by atoms with Crippen LogP contribution in [0.2, 0.25) is 0 Å². The number of piperidine rings is 1. The Hall–Kier alpha value is -0.650. The van der Waals surface area contributed by atoms with E-state index in [0.29, 0.717) is 13.2 Å². The number of rotatable bonds is 6. The molecule has 2 N–H and O–H groups in total. The smallest absolute Gasteiger partial charge is 0.227 e. The fourth-order valence-corrected chi connectivity index (χ4v) is 3.16. The lowest BCUT2D eigenvalue weighted by Crippen LogP contribution is -2.44. The maximum Gasteiger partial charge on any atom is 0.227 e. The van der Waals surface area contributed by atoms with Crippen molar-refractivity contribution in [3.63, 3.8) is 0 Å². The van der Waals surface area contributed by atoms with Gasteiger partial charge in [-0.3, -0.25) is 4.79 Å². The summed E-state index contributed by atoms with van der Waals surface area (Å²) in [6, 6.07) is 0.184. The number of carbonyl (C=O) groups excluding carboxylic acids is 1. The zero-order chi connectivity index (χ0) is 14.4. The van der Waals surface area contributed by atoms with Gasteiger partial charge in [-0.15, -0.1) is 0 Å². The summed E-state index contributed by atoms with van der Waals surface area (Å²) in [6.45, 7) is 7.34. The lowest BCUT2D eigenvalue weighted by atomic mass is 9.93. The molecule has 0 aromatic heterocycles. The van der Waals surface area contributed by atoms with Gasteiger partial charge in [-0.2, -0.15) is 0 Å². The van der Waals surface area contributed by atoms with Crippen LogP contribution in [0.25, 0.3) is 0 Å². The Morgan fingerprint density at radius 2 is 2.05 bits per heavy atom. The van der Waals surface area contributed by atoms with Crippen molar-refractivity contribution in [2.45, 2.75) is 32.2 Å². The maximum absolute atomic E-state index is 12.2. The molecule has 2 saturated heterocycles. The monoisotopic (exact) mass is 283 g/mol. The number of hydrogen-bond acceptors (Lipinski definition) is 4. The molecule has 5 nitrogen and oxygen atoms in total. The molecule has 1 amide bonds. The molecule has 0 radical (unpaired) electrons. The number of nitrogens with zero attached hydrogens (tertiary/aromatic N) is 1. The Morgan fingerprint density at radius 3 is 2.75 bits per heavy atom. The Balaban J connectivity index is 1.64. The van der Waals surface area contributed by atoms with Gasteiger partial charge in [-0.05, 0) is 51.9 Å². The van der Waals surface area contributed by atoms with Crippen LogP contribution in [-0.4, -0.2) is 63.3 Å².